The lowest BCUT2D eigenvalue weighted by Gasteiger charge is -2.34. The van der Waals surface area contributed by atoms with Crippen LogP contribution in [0, 0.1) is 0 Å². The molecule has 3 rings (SSSR count). The van der Waals surface area contributed by atoms with Crippen LogP contribution in [0.1, 0.15) is 17.3 Å². The predicted molar refractivity (Wildman–Crippen MR) is 115 cm³/mol. The Morgan fingerprint density at radius 2 is 1.66 bits per heavy atom. The number of benzene rings is 2. The number of nitrogens with one attached hydrogen (secondary N) is 1. The first-order valence-corrected chi connectivity index (χ1v) is 10.1. The zero-order chi connectivity index (χ0) is 20.6. The molecule has 1 heterocycles. The normalized spacial score (nSPS) is 15.1. The van der Waals surface area contributed by atoms with Crippen LogP contribution < -0.4 is 10.1 Å². The highest BCUT2D eigenvalue weighted by Crippen LogP contribution is 2.16. The second-order valence-corrected chi connectivity index (χ2v) is 7.51. The molecule has 0 aromatic heterocycles. The van der Waals surface area contributed by atoms with E-state index in [1.165, 1.54) is 6.92 Å². The van der Waals surface area contributed by atoms with Gasteiger partial charge in [-0.05, 0) is 43.3 Å². The number of piperazine rings is 1. The van der Waals surface area contributed by atoms with Crippen LogP contribution in [0.4, 0.5) is 5.69 Å². The highest BCUT2D eigenvalue weighted by Gasteiger charge is 2.19. The largest absolute Gasteiger partial charge is 0.492 e. The summed E-state index contributed by atoms with van der Waals surface area (Å²) in [6, 6.07) is 14.4. The van der Waals surface area contributed by atoms with Crippen molar-refractivity contribution in [3.05, 3.63) is 59.1 Å². The number of halogens is 1. The highest BCUT2D eigenvalue weighted by molar-refractivity contribution is 6.30. The third kappa shape index (κ3) is 6.56. The molecule has 0 atom stereocenters. The molecule has 1 amide bonds. The van der Waals surface area contributed by atoms with Gasteiger partial charge in [-0.2, -0.15) is 0 Å². The summed E-state index contributed by atoms with van der Waals surface area (Å²) in [7, 11) is 0. The van der Waals surface area contributed by atoms with E-state index in [2.05, 4.69) is 15.1 Å². The molecule has 0 saturated carbocycles. The maximum Gasteiger partial charge on any atom is 0.238 e. The van der Waals surface area contributed by atoms with Gasteiger partial charge in [0.05, 0.1) is 12.2 Å². The number of carbonyl (C=O) groups is 2. The molecule has 2 aromatic rings. The van der Waals surface area contributed by atoms with Crippen molar-refractivity contribution in [2.45, 2.75) is 6.92 Å². The summed E-state index contributed by atoms with van der Waals surface area (Å²) in [5.74, 6) is 0.657. The number of nitrogens with zero attached hydrogens (tertiary/aromatic N) is 2. The van der Waals surface area contributed by atoms with Crippen LogP contribution in [0.2, 0.25) is 5.02 Å². The Kier molecular flexibility index (Phi) is 7.63. The molecule has 154 valence electrons. The van der Waals surface area contributed by atoms with E-state index in [0.717, 1.165) is 38.5 Å². The lowest BCUT2D eigenvalue weighted by molar-refractivity contribution is -0.117. The Morgan fingerprint density at radius 1 is 1.00 bits per heavy atom. The molecule has 1 saturated heterocycles. The first-order valence-electron chi connectivity index (χ1n) is 9.74. The minimum atomic E-state index is -0.0989. The molecular weight excluding hydrogens is 390 g/mol. The number of hydrogen-bond donors (Lipinski definition) is 1. The van der Waals surface area contributed by atoms with Crippen LogP contribution in [0.5, 0.6) is 5.75 Å². The summed E-state index contributed by atoms with van der Waals surface area (Å²) in [5, 5.41) is 3.56. The van der Waals surface area contributed by atoms with Gasteiger partial charge in [0.1, 0.15) is 12.4 Å². The third-order valence-electron chi connectivity index (χ3n) is 4.90. The molecular formula is C22H26ClN3O3. The van der Waals surface area contributed by atoms with Crippen molar-refractivity contribution in [1.82, 2.24) is 9.80 Å². The van der Waals surface area contributed by atoms with E-state index in [0.29, 0.717) is 29.4 Å². The molecule has 1 fully saturated rings. The number of ether oxygens (including phenoxy) is 1. The topological polar surface area (TPSA) is 61.9 Å². The van der Waals surface area contributed by atoms with Crippen LogP contribution in [-0.2, 0) is 4.79 Å². The summed E-state index contributed by atoms with van der Waals surface area (Å²) in [4.78, 5) is 28.5. The molecule has 1 N–H and O–H groups in total. The lowest BCUT2D eigenvalue weighted by atomic mass is 10.1. The number of anilines is 1. The summed E-state index contributed by atoms with van der Waals surface area (Å²) in [6.45, 7) is 6.70. The SMILES string of the molecule is CC(=O)c1ccccc1NC(=O)CN1CCN(CCOc2ccc(Cl)cc2)CC1. The first-order chi connectivity index (χ1) is 14.0. The fourth-order valence-electron chi connectivity index (χ4n) is 3.29. The van der Waals surface area contributed by atoms with E-state index < -0.39 is 0 Å². The molecule has 29 heavy (non-hydrogen) atoms. The Bertz CT molecular complexity index is 833. The van der Waals surface area contributed by atoms with Crippen molar-refractivity contribution >= 4 is 29.0 Å². The monoisotopic (exact) mass is 415 g/mol. The quantitative estimate of drug-likeness (QED) is 0.671. The van der Waals surface area contributed by atoms with Gasteiger partial charge in [0, 0.05) is 43.3 Å². The van der Waals surface area contributed by atoms with Crippen LogP contribution in [0.3, 0.4) is 0 Å². The van der Waals surface area contributed by atoms with Gasteiger partial charge in [0.25, 0.3) is 0 Å². The summed E-state index contributed by atoms with van der Waals surface area (Å²) in [6.07, 6.45) is 0. The van der Waals surface area contributed by atoms with E-state index in [4.69, 9.17) is 16.3 Å². The van der Waals surface area contributed by atoms with Crippen LogP contribution in [0.25, 0.3) is 0 Å². The molecule has 1 aliphatic rings. The second kappa shape index (κ2) is 10.4. The van der Waals surface area contributed by atoms with Crippen molar-refractivity contribution in [2.24, 2.45) is 0 Å². The minimum absolute atomic E-state index is 0.0599. The number of carbonyl (C=O) groups excluding carboxylic acids is 2. The zero-order valence-electron chi connectivity index (χ0n) is 16.6. The maximum absolute atomic E-state index is 12.4. The third-order valence-corrected chi connectivity index (χ3v) is 5.15. The van der Waals surface area contributed by atoms with Crippen LogP contribution in [-0.4, -0.2) is 67.4 Å². The summed E-state index contributed by atoms with van der Waals surface area (Å²) < 4.78 is 5.75. The Labute approximate surface area is 176 Å². The van der Waals surface area contributed by atoms with E-state index in [1.807, 2.05) is 30.3 Å². The Morgan fingerprint density at radius 3 is 2.34 bits per heavy atom. The fourth-order valence-corrected chi connectivity index (χ4v) is 3.41. The molecule has 0 radical (unpaired) electrons. The Balaban J connectivity index is 1.38. The Hall–Kier alpha value is -2.41. The molecule has 0 aliphatic carbocycles. The van der Waals surface area contributed by atoms with Crippen molar-refractivity contribution < 1.29 is 14.3 Å². The van der Waals surface area contributed by atoms with E-state index in [9.17, 15) is 9.59 Å². The number of hydrogen-bond acceptors (Lipinski definition) is 5. The smallest absolute Gasteiger partial charge is 0.238 e. The average Bonchev–Trinajstić information content (AvgIpc) is 2.71. The van der Waals surface area contributed by atoms with Crippen molar-refractivity contribution in [2.75, 3.05) is 51.2 Å². The number of amides is 1. The van der Waals surface area contributed by atoms with Crippen LogP contribution >= 0.6 is 11.6 Å². The van der Waals surface area contributed by atoms with E-state index in [1.54, 1.807) is 18.2 Å². The number of ketones is 1. The van der Waals surface area contributed by atoms with Gasteiger partial charge in [0.15, 0.2) is 5.78 Å². The summed E-state index contributed by atoms with van der Waals surface area (Å²) >= 11 is 5.87. The van der Waals surface area contributed by atoms with E-state index >= 15 is 0 Å². The molecule has 1 aliphatic heterocycles. The fraction of sp³-hybridized carbons (Fsp3) is 0.364. The standard InChI is InChI=1S/C22H26ClN3O3/c1-17(27)20-4-2-3-5-21(20)24-22(28)16-26-12-10-25(11-13-26)14-15-29-19-8-6-18(23)7-9-19/h2-9H,10-16H2,1H3,(H,24,28). The molecule has 2 aromatic carbocycles. The van der Waals surface area contributed by atoms with Gasteiger partial charge >= 0.3 is 0 Å². The van der Waals surface area contributed by atoms with Crippen LogP contribution in [0.15, 0.2) is 48.5 Å². The van der Waals surface area contributed by atoms with Gasteiger partial charge in [-0.15, -0.1) is 0 Å². The van der Waals surface area contributed by atoms with Gasteiger partial charge in [-0.3, -0.25) is 19.4 Å². The average molecular weight is 416 g/mol. The number of para-hydroxylation sites is 1. The minimum Gasteiger partial charge on any atom is -0.492 e. The summed E-state index contributed by atoms with van der Waals surface area (Å²) in [5.41, 5.74) is 1.11. The molecule has 6 nitrogen and oxygen atoms in total. The number of rotatable bonds is 8. The second-order valence-electron chi connectivity index (χ2n) is 7.07. The van der Waals surface area contributed by atoms with Gasteiger partial charge < -0.3 is 10.1 Å². The maximum atomic E-state index is 12.4. The highest BCUT2D eigenvalue weighted by atomic mass is 35.5. The molecule has 0 bridgehead atoms. The lowest BCUT2D eigenvalue weighted by Crippen LogP contribution is -2.49. The van der Waals surface area contributed by atoms with Gasteiger partial charge in [-0.25, -0.2) is 0 Å². The number of Topliss-reactive ketones (excluding diaryl/α,β-unsaturated/α-hetero) is 1. The van der Waals surface area contributed by atoms with Gasteiger partial charge in [-0.1, -0.05) is 23.7 Å². The zero-order valence-corrected chi connectivity index (χ0v) is 17.3. The van der Waals surface area contributed by atoms with Gasteiger partial charge in [0.2, 0.25) is 5.91 Å². The van der Waals surface area contributed by atoms with E-state index in [-0.39, 0.29) is 11.7 Å². The molecule has 0 unspecified atom stereocenters. The predicted octanol–water partition coefficient (Wildman–Crippen LogP) is 3.18. The van der Waals surface area contributed by atoms with Crippen molar-refractivity contribution in [3.63, 3.8) is 0 Å². The molecule has 0 spiro atoms. The van der Waals surface area contributed by atoms with Crippen molar-refractivity contribution in [1.29, 1.82) is 0 Å². The first kappa shape index (κ1) is 21.3. The van der Waals surface area contributed by atoms with Crippen molar-refractivity contribution in [3.8, 4) is 5.75 Å². The molecule has 7 heteroatoms.